The molecule has 5 heteroatoms. The number of benzene rings is 4. The first-order chi connectivity index (χ1) is 18.7. The van der Waals surface area contributed by atoms with Crippen LogP contribution in [0, 0.1) is 0 Å². The van der Waals surface area contributed by atoms with Crippen LogP contribution in [0.15, 0.2) is 84.9 Å². The molecular formula is C34H35Cl2OSiZr. The average Bonchev–Trinajstić information content (AvgIpc) is 3.49. The summed E-state index contributed by atoms with van der Waals surface area (Å²) in [6.07, 6.45) is 3.72. The second kappa shape index (κ2) is 10.7. The molecule has 0 saturated heterocycles. The number of halogens is 2. The first kappa shape index (κ1) is 27.7. The number of fused-ring (bicyclic) bond motifs is 6. The summed E-state index contributed by atoms with van der Waals surface area (Å²) in [5.74, 6) is 0. The van der Waals surface area contributed by atoms with Gasteiger partial charge in [0.05, 0.1) is 0 Å². The predicted molar refractivity (Wildman–Crippen MR) is 165 cm³/mol. The summed E-state index contributed by atoms with van der Waals surface area (Å²) in [6, 6.07) is 31.6. The summed E-state index contributed by atoms with van der Waals surface area (Å²) >= 11 is -2.79. The standard InChI is InChI=1S/C34H35OSi.2ClH.Zr/c1-5-34(20-21-35-36(2,3)4,32-18-10-16-28-26-14-8-6-12-24(26)22-30(28)32)33-19-11-17-29-27-15-9-7-13-25(27)23-31(29)33;;;/h6-19,21H,5,20,22-23H2,1-4H3;2*1H;/q;;;+2/p-2. The Labute approximate surface area is 249 Å². The van der Waals surface area contributed by atoms with Gasteiger partial charge in [-0.3, -0.25) is 0 Å². The third kappa shape index (κ3) is 4.98. The fourth-order valence-corrected chi connectivity index (χ4v) is 15.0. The minimum absolute atomic E-state index is 0.0679. The van der Waals surface area contributed by atoms with Crippen molar-refractivity contribution in [2.45, 2.75) is 61.5 Å². The fraction of sp³-hybridized carbons (Fsp3) is 0.294. The van der Waals surface area contributed by atoms with Gasteiger partial charge in [0.2, 0.25) is 0 Å². The Morgan fingerprint density at radius 1 is 0.718 bits per heavy atom. The third-order valence-electron chi connectivity index (χ3n) is 8.61. The van der Waals surface area contributed by atoms with Gasteiger partial charge in [-0.15, -0.1) is 0 Å². The van der Waals surface area contributed by atoms with E-state index in [9.17, 15) is 0 Å². The second-order valence-corrected chi connectivity index (χ2v) is 25.4. The van der Waals surface area contributed by atoms with Gasteiger partial charge < -0.3 is 0 Å². The third-order valence-corrected chi connectivity index (χ3v) is 15.0. The van der Waals surface area contributed by atoms with Crippen molar-refractivity contribution in [1.82, 2.24) is 0 Å². The zero-order valence-corrected chi connectivity index (χ0v) is 28.1. The Morgan fingerprint density at radius 3 is 1.62 bits per heavy atom. The molecule has 2 aliphatic carbocycles. The van der Waals surface area contributed by atoms with Crippen molar-refractivity contribution < 1.29 is 23.8 Å². The van der Waals surface area contributed by atoms with E-state index in [1.165, 1.54) is 55.6 Å². The van der Waals surface area contributed by atoms with Gasteiger partial charge in [0.1, 0.15) is 0 Å². The normalized spacial score (nSPS) is 14.4. The summed E-state index contributed by atoms with van der Waals surface area (Å²) in [4.78, 5) is 0. The van der Waals surface area contributed by atoms with Gasteiger partial charge in [-0.2, -0.15) is 0 Å². The molecule has 0 aromatic heterocycles. The van der Waals surface area contributed by atoms with Crippen LogP contribution >= 0.6 is 17.0 Å². The van der Waals surface area contributed by atoms with E-state index in [2.05, 4.69) is 111 Å². The van der Waals surface area contributed by atoms with Gasteiger partial charge in [-0.05, 0) is 0 Å². The van der Waals surface area contributed by atoms with E-state index < -0.39 is 27.7 Å². The van der Waals surface area contributed by atoms with Crippen LogP contribution < -0.4 is 0 Å². The van der Waals surface area contributed by atoms with E-state index in [0.29, 0.717) is 0 Å². The van der Waals surface area contributed by atoms with Crippen LogP contribution in [0.5, 0.6) is 0 Å². The van der Waals surface area contributed by atoms with Crippen LogP contribution in [-0.4, -0.2) is 12.1 Å². The van der Waals surface area contributed by atoms with E-state index in [1.807, 2.05) is 0 Å². The molecule has 6 rings (SSSR count). The maximum absolute atomic E-state index is 6.93. The summed E-state index contributed by atoms with van der Waals surface area (Å²) in [7, 11) is 12.0. The zero-order chi connectivity index (χ0) is 27.4. The van der Waals surface area contributed by atoms with Crippen molar-refractivity contribution in [3.63, 3.8) is 0 Å². The Balaban J connectivity index is 1.59. The molecule has 0 aliphatic heterocycles. The van der Waals surface area contributed by atoms with Gasteiger partial charge in [0.25, 0.3) is 0 Å². The molecule has 1 atom stereocenters. The van der Waals surface area contributed by atoms with E-state index in [-0.39, 0.29) is 9.23 Å². The van der Waals surface area contributed by atoms with E-state index in [1.54, 1.807) is 0 Å². The molecule has 4 aromatic carbocycles. The van der Waals surface area contributed by atoms with Crippen LogP contribution in [0.4, 0.5) is 0 Å². The quantitative estimate of drug-likeness (QED) is 0.149. The van der Waals surface area contributed by atoms with Crippen LogP contribution in [0.1, 0.15) is 53.1 Å². The van der Waals surface area contributed by atoms with Gasteiger partial charge in [-0.25, -0.2) is 0 Å². The van der Waals surface area contributed by atoms with Crippen molar-refractivity contribution in [2.75, 3.05) is 0 Å². The molecule has 1 unspecified atom stereocenters. The van der Waals surface area contributed by atoms with Crippen molar-refractivity contribution in [3.05, 3.63) is 118 Å². The van der Waals surface area contributed by atoms with Crippen LogP contribution in [0.3, 0.4) is 0 Å². The van der Waals surface area contributed by atoms with E-state index in [4.69, 9.17) is 21.5 Å². The minimum atomic E-state index is -2.79. The summed E-state index contributed by atoms with van der Waals surface area (Å²) in [5, 5.41) is 0. The average molecular weight is 650 g/mol. The molecule has 0 bridgehead atoms. The van der Waals surface area contributed by atoms with Gasteiger partial charge >= 0.3 is 251 Å². The Hall–Kier alpha value is -1.48. The fourth-order valence-electron chi connectivity index (χ4n) is 7.01. The molecule has 39 heavy (non-hydrogen) atoms. The molecule has 1 nitrogen and oxygen atoms in total. The molecule has 0 fully saturated rings. The number of hydrogen-bond donors (Lipinski definition) is 0. The van der Waals surface area contributed by atoms with E-state index in [0.717, 1.165) is 25.7 Å². The Bertz CT molecular complexity index is 1440. The summed E-state index contributed by atoms with van der Waals surface area (Å²) in [6.45, 7) is 9.10. The van der Waals surface area contributed by atoms with Gasteiger partial charge in [-0.1, -0.05) is 0 Å². The predicted octanol–water partition coefficient (Wildman–Crippen LogP) is 10.0. The summed E-state index contributed by atoms with van der Waals surface area (Å²) < 4.78 is 6.76. The van der Waals surface area contributed by atoms with Crippen LogP contribution in [-0.2, 0) is 42.0 Å². The zero-order valence-electron chi connectivity index (χ0n) is 23.2. The molecule has 2 aliphatic rings. The first-order valence-electron chi connectivity index (χ1n) is 14.0. The number of hydrogen-bond acceptors (Lipinski definition) is 1. The van der Waals surface area contributed by atoms with E-state index >= 15 is 0 Å². The molecule has 0 saturated carbocycles. The molecule has 0 radical (unpaired) electrons. The van der Waals surface area contributed by atoms with Crippen molar-refractivity contribution in [1.29, 1.82) is 0 Å². The number of rotatable bonds is 8. The summed E-state index contributed by atoms with van der Waals surface area (Å²) in [5.41, 5.74) is 13.8. The maximum atomic E-state index is 6.93. The van der Waals surface area contributed by atoms with Crippen molar-refractivity contribution in [3.8, 4) is 22.3 Å². The Kier molecular flexibility index (Phi) is 7.62. The van der Waals surface area contributed by atoms with Crippen LogP contribution in [0.25, 0.3) is 22.3 Å². The SMILES string of the molecule is CCC(C[CH](O[Si](C)(C)C)[Zr]([Cl])[Cl])(c1cccc2c1Cc1ccccc1-2)c1cccc2c1Cc1ccccc1-2. The monoisotopic (exact) mass is 647 g/mol. The molecule has 0 spiro atoms. The van der Waals surface area contributed by atoms with Crippen LogP contribution in [0.2, 0.25) is 19.6 Å². The van der Waals surface area contributed by atoms with Gasteiger partial charge in [0.15, 0.2) is 0 Å². The van der Waals surface area contributed by atoms with Gasteiger partial charge in [0, 0.05) is 0 Å². The van der Waals surface area contributed by atoms with Crippen molar-refractivity contribution >= 4 is 25.3 Å². The molecule has 199 valence electrons. The van der Waals surface area contributed by atoms with Crippen molar-refractivity contribution in [2.24, 2.45) is 0 Å². The molecule has 0 heterocycles. The molecule has 0 N–H and O–H groups in total. The topological polar surface area (TPSA) is 9.23 Å². The molecule has 4 aromatic rings. The first-order valence-corrected chi connectivity index (χ1v) is 25.1. The molecular weight excluding hydrogens is 615 g/mol. The Morgan fingerprint density at radius 2 is 1.18 bits per heavy atom. The molecule has 0 amide bonds. The second-order valence-electron chi connectivity index (χ2n) is 12.0.